The molecule has 0 amide bonds. The van der Waals surface area contributed by atoms with Gasteiger partial charge in [0, 0.05) is 37.1 Å². The van der Waals surface area contributed by atoms with Gasteiger partial charge in [0.25, 0.3) is 0 Å². The molecular weight excluding hydrogens is 343 g/mol. The van der Waals surface area contributed by atoms with E-state index in [1.165, 1.54) is 30.5 Å². The molecule has 1 aromatic heterocycles. The van der Waals surface area contributed by atoms with Gasteiger partial charge in [-0.15, -0.1) is 0 Å². The molecule has 0 radical (unpaired) electrons. The molecule has 27 heavy (non-hydrogen) atoms. The van der Waals surface area contributed by atoms with Crippen molar-refractivity contribution in [1.29, 1.82) is 0 Å². The van der Waals surface area contributed by atoms with Gasteiger partial charge < -0.3 is 4.74 Å². The summed E-state index contributed by atoms with van der Waals surface area (Å²) in [7, 11) is 0. The molecule has 3 atom stereocenters. The Morgan fingerprint density at radius 2 is 2.07 bits per heavy atom. The average Bonchev–Trinajstić information content (AvgIpc) is 3.33. The number of halogens is 1. The lowest BCUT2D eigenvalue weighted by Crippen LogP contribution is -2.45. The van der Waals surface area contributed by atoms with Gasteiger partial charge in [-0.1, -0.05) is 6.07 Å². The predicted molar refractivity (Wildman–Crippen MR) is 103 cm³/mol. The molecule has 6 heteroatoms. The summed E-state index contributed by atoms with van der Waals surface area (Å²) in [5, 5.41) is 0. The van der Waals surface area contributed by atoms with Crippen molar-refractivity contribution in [3.05, 3.63) is 60.2 Å². The standard InChI is InChI=1S/C21H27FN4O/c22-17-5-7-19(8-6-17)27-12-9-18-13-20(25-24-18)21-4-2-11-26(21)15-16-3-1-10-23-14-16/h1,3,5-8,10,14,18,20-21,24-25H,2,4,9,11-13,15H2. The first-order chi connectivity index (χ1) is 13.3. The molecular formula is C21H27FN4O. The van der Waals surface area contributed by atoms with Crippen LogP contribution < -0.4 is 15.6 Å². The molecule has 0 saturated carbocycles. The number of nitrogens with one attached hydrogen (secondary N) is 2. The fourth-order valence-electron chi connectivity index (χ4n) is 4.17. The minimum atomic E-state index is -0.237. The Morgan fingerprint density at radius 1 is 1.19 bits per heavy atom. The average molecular weight is 370 g/mol. The van der Waals surface area contributed by atoms with E-state index in [0.29, 0.717) is 24.7 Å². The molecule has 1 aromatic carbocycles. The van der Waals surface area contributed by atoms with Crippen LogP contribution in [-0.4, -0.2) is 41.2 Å². The zero-order chi connectivity index (χ0) is 18.5. The second-order valence-corrected chi connectivity index (χ2v) is 7.46. The van der Waals surface area contributed by atoms with E-state index in [0.717, 1.165) is 31.7 Å². The van der Waals surface area contributed by atoms with Crippen molar-refractivity contribution in [2.45, 2.75) is 50.4 Å². The van der Waals surface area contributed by atoms with Crippen molar-refractivity contribution in [3.63, 3.8) is 0 Å². The summed E-state index contributed by atoms with van der Waals surface area (Å²) in [5.41, 5.74) is 8.22. The number of benzene rings is 1. The van der Waals surface area contributed by atoms with Crippen LogP contribution in [0.4, 0.5) is 4.39 Å². The molecule has 4 rings (SSSR count). The molecule has 2 aliphatic heterocycles. The molecule has 2 aliphatic rings. The number of nitrogens with zero attached hydrogens (tertiary/aromatic N) is 2. The van der Waals surface area contributed by atoms with Crippen molar-refractivity contribution in [1.82, 2.24) is 20.7 Å². The second kappa shape index (κ2) is 8.78. The molecule has 2 saturated heterocycles. The van der Waals surface area contributed by atoms with Crippen LogP contribution in [0.25, 0.3) is 0 Å². The SMILES string of the molecule is Fc1ccc(OCCC2CC(C3CCCN3Cc3cccnc3)NN2)cc1. The van der Waals surface area contributed by atoms with Gasteiger partial charge in [-0.25, -0.2) is 4.39 Å². The van der Waals surface area contributed by atoms with Gasteiger partial charge in [0.1, 0.15) is 11.6 Å². The fourth-order valence-corrected chi connectivity index (χ4v) is 4.17. The predicted octanol–water partition coefficient (Wildman–Crippen LogP) is 2.89. The molecule has 2 N–H and O–H groups in total. The third-order valence-corrected chi connectivity index (χ3v) is 5.55. The number of likely N-dealkylation sites (tertiary alicyclic amines) is 1. The highest BCUT2D eigenvalue weighted by atomic mass is 19.1. The summed E-state index contributed by atoms with van der Waals surface area (Å²) in [5.74, 6) is 0.483. The summed E-state index contributed by atoms with van der Waals surface area (Å²) >= 11 is 0. The summed E-state index contributed by atoms with van der Waals surface area (Å²) < 4.78 is 18.7. The molecule has 5 nitrogen and oxygen atoms in total. The topological polar surface area (TPSA) is 49.4 Å². The van der Waals surface area contributed by atoms with Crippen LogP contribution in [-0.2, 0) is 6.54 Å². The summed E-state index contributed by atoms with van der Waals surface area (Å²) in [4.78, 5) is 6.81. The normalized spacial score (nSPS) is 25.7. The van der Waals surface area contributed by atoms with Crippen LogP contribution >= 0.6 is 0 Å². The van der Waals surface area contributed by atoms with Gasteiger partial charge in [0.2, 0.25) is 0 Å². The van der Waals surface area contributed by atoms with Gasteiger partial charge in [-0.2, -0.15) is 0 Å². The van der Waals surface area contributed by atoms with Crippen LogP contribution in [0.2, 0.25) is 0 Å². The lowest BCUT2D eigenvalue weighted by atomic mass is 9.99. The monoisotopic (exact) mass is 370 g/mol. The van der Waals surface area contributed by atoms with E-state index >= 15 is 0 Å². The number of ether oxygens (including phenoxy) is 1. The van der Waals surface area contributed by atoms with Crippen molar-refractivity contribution in [2.75, 3.05) is 13.2 Å². The molecule has 2 fully saturated rings. The number of hydrogen-bond donors (Lipinski definition) is 2. The Labute approximate surface area is 159 Å². The van der Waals surface area contributed by atoms with Crippen LogP contribution in [0.1, 0.15) is 31.2 Å². The lowest BCUT2D eigenvalue weighted by molar-refractivity contribution is 0.203. The number of rotatable bonds is 7. The van der Waals surface area contributed by atoms with Crippen molar-refractivity contribution < 1.29 is 9.13 Å². The Bertz CT molecular complexity index is 712. The first kappa shape index (κ1) is 18.3. The van der Waals surface area contributed by atoms with Crippen LogP contribution in [0.3, 0.4) is 0 Å². The van der Waals surface area contributed by atoms with Gasteiger partial charge >= 0.3 is 0 Å². The fraction of sp³-hybridized carbons (Fsp3) is 0.476. The van der Waals surface area contributed by atoms with Gasteiger partial charge in [-0.05, 0) is 68.1 Å². The van der Waals surface area contributed by atoms with Gasteiger partial charge in [0.15, 0.2) is 0 Å². The van der Waals surface area contributed by atoms with Crippen molar-refractivity contribution >= 4 is 0 Å². The Balaban J connectivity index is 1.24. The highest BCUT2D eigenvalue weighted by molar-refractivity contribution is 5.22. The molecule has 0 spiro atoms. The highest BCUT2D eigenvalue weighted by Crippen LogP contribution is 2.26. The molecule has 3 unspecified atom stereocenters. The number of hydrazine groups is 1. The third-order valence-electron chi connectivity index (χ3n) is 5.55. The highest BCUT2D eigenvalue weighted by Gasteiger charge is 2.36. The number of pyridine rings is 1. The van der Waals surface area contributed by atoms with E-state index in [1.54, 1.807) is 12.1 Å². The Hall–Kier alpha value is -2.02. The van der Waals surface area contributed by atoms with Crippen molar-refractivity contribution in [2.24, 2.45) is 0 Å². The van der Waals surface area contributed by atoms with E-state index in [1.807, 2.05) is 18.5 Å². The van der Waals surface area contributed by atoms with Gasteiger partial charge in [-0.3, -0.25) is 20.7 Å². The molecule has 0 bridgehead atoms. The van der Waals surface area contributed by atoms with E-state index in [9.17, 15) is 4.39 Å². The van der Waals surface area contributed by atoms with Crippen LogP contribution in [0.15, 0.2) is 48.8 Å². The minimum absolute atomic E-state index is 0.237. The van der Waals surface area contributed by atoms with Crippen LogP contribution in [0.5, 0.6) is 5.75 Å². The Kier molecular flexibility index (Phi) is 5.97. The van der Waals surface area contributed by atoms with Crippen molar-refractivity contribution in [3.8, 4) is 5.75 Å². The third kappa shape index (κ3) is 4.83. The first-order valence-electron chi connectivity index (χ1n) is 9.80. The van der Waals surface area contributed by atoms with Gasteiger partial charge in [0.05, 0.1) is 6.61 Å². The molecule has 144 valence electrons. The second-order valence-electron chi connectivity index (χ2n) is 7.46. The maximum absolute atomic E-state index is 12.9. The zero-order valence-electron chi connectivity index (χ0n) is 15.5. The zero-order valence-corrected chi connectivity index (χ0v) is 15.5. The number of hydrogen-bond acceptors (Lipinski definition) is 5. The quantitative estimate of drug-likeness (QED) is 0.785. The lowest BCUT2D eigenvalue weighted by Gasteiger charge is -2.29. The first-order valence-corrected chi connectivity index (χ1v) is 9.80. The van der Waals surface area contributed by atoms with E-state index in [2.05, 4.69) is 26.8 Å². The maximum atomic E-state index is 12.9. The maximum Gasteiger partial charge on any atom is 0.123 e. The molecule has 2 aromatic rings. The molecule has 0 aliphatic carbocycles. The van der Waals surface area contributed by atoms with E-state index < -0.39 is 0 Å². The number of aromatic nitrogens is 1. The summed E-state index contributed by atoms with van der Waals surface area (Å²) in [6.07, 6.45) is 8.30. The molecule has 3 heterocycles. The summed E-state index contributed by atoms with van der Waals surface area (Å²) in [6.45, 7) is 2.74. The van der Waals surface area contributed by atoms with E-state index in [-0.39, 0.29) is 5.82 Å². The van der Waals surface area contributed by atoms with Crippen LogP contribution in [0, 0.1) is 5.82 Å². The largest absolute Gasteiger partial charge is 0.494 e. The Morgan fingerprint density at radius 3 is 2.89 bits per heavy atom. The smallest absolute Gasteiger partial charge is 0.123 e. The van der Waals surface area contributed by atoms with E-state index in [4.69, 9.17) is 4.74 Å². The summed E-state index contributed by atoms with van der Waals surface area (Å²) in [6, 6.07) is 11.8. The minimum Gasteiger partial charge on any atom is -0.494 e.